The van der Waals surface area contributed by atoms with Gasteiger partial charge in [0, 0.05) is 17.0 Å². The fraction of sp³-hybridized carbons (Fsp3) is 0.357. The number of pyridine rings is 1. The van der Waals surface area contributed by atoms with Crippen LogP contribution in [0.2, 0.25) is 0 Å². The van der Waals surface area contributed by atoms with Gasteiger partial charge in [0.05, 0.1) is 22.0 Å². The van der Waals surface area contributed by atoms with Gasteiger partial charge in [0.2, 0.25) is 0 Å². The molecule has 0 aliphatic heterocycles. The van der Waals surface area contributed by atoms with Crippen molar-refractivity contribution in [2.75, 3.05) is 0 Å². The van der Waals surface area contributed by atoms with Gasteiger partial charge in [-0.2, -0.15) is 0 Å². The van der Waals surface area contributed by atoms with E-state index in [9.17, 15) is 4.79 Å². The Balaban J connectivity index is 1.98. The van der Waals surface area contributed by atoms with Crippen molar-refractivity contribution in [1.29, 1.82) is 0 Å². The summed E-state index contributed by atoms with van der Waals surface area (Å²) in [6, 6.07) is 3.30. The molecule has 0 saturated heterocycles. The van der Waals surface area contributed by atoms with E-state index in [1.807, 2.05) is 0 Å². The van der Waals surface area contributed by atoms with E-state index in [1.165, 1.54) is 6.20 Å². The third-order valence-electron chi connectivity index (χ3n) is 2.65. The van der Waals surface area contributed by atoms with Gasteiger partial charge in [0.15, 0.2) is 0 Å². The molecule has 0 fully saturated rings. The molecular formula is C14H16N2O2S2. The van der Waals surface area contributed by atoms with E-state index in [0.29, 0.717) is 0 Å². The lowest BCUT2D eigenvalue weighted by molar-refractivity contribution is 0.0696. The Morgan fingerprint density at radius 2 is 2.15 bits per heavy atom. The predicted molar refractivity (Wildman–Crippen MR) is 81.6 cm³/mol. The molecule has 2 aromatic heterocycles. The van der Waals surface area contributed by atoms with Crippen LogP contribution in [0.25, 0.3) is 0 Å². The summed E-state index contributed by atoms with van der Waals surface area (Å²) in [5.74, 6) is -0.205. The van der Waals surface area contributed by atoms with Crippen LogP contribution in [0, 0.1) is 0 Å². The molecule has 2 rings (SSSR count). The van der Waals surface area contributed by atoms with E-state index in [1.54, 1.807) is 35.2 Å². The van der Waals surface area contributed by atoms with Crippen LogP contribution in [0.3, 0.4) is 0 Å². The van der Waals surface area contributed by atoms with Crippen molar-refractivity contribution < 1.29 is 9.90 Å². The van der Waals surface area contributed by atoms with Gasteiger partial charge < -0.3 is 5.11 Å². The van der Waals surface area contributed by atoms with Crippen molar-refractivity contribution in [2.24, 2.45) is 0 Å². The zero-order chi connectivity index (χ0) is 14.8. The summed E-state index contributed by atoms with van der Waals surface area (Å²) in [6.07, 6.45) is 1.38. The van der Waals surface area contributed by atoms with Gasteiger partial charge in [-0.3, -0.25) is 0 Å². The maximum absolute atomic E-state index is 10.7. The van der Waals surface area contributed by atoms with Crippen LogP contribution in [0.15, 0.2) is 28.7 Å². The molecule has 0 spiro atoms. The van der Waals surface area contributed by atoms with Gasteiger partial charge in [-0.05, 0) is 12.1 Å². The normalized spacial score (nSPS) is 11.6. The SMILES string of the molecule is CC(C)(C)c1csc(CSc2ccc(C(=O)O)cn2)n1. The molecule has 0 aliphatic rings. The fourth-order valence-electron chi connectivity index (χ4n) is 1.45. The molecule has 0 atom stereocenters. The predicted octanol–water partition coefficient (Wildman–Crippen LogP) is 3.83. The third-order valence-corrected chi connectivity index (χ3v) is 4.63. The molecule has 20 heavy (non-hydrogen) atoms. The second-order valence-electron chi connectivity index (χ2n) is 5.36. The monoisotopic (exact) mass is 308 g/mol. The van der Waals surface area contributed by atoms with E-state index < -0.39 is 5.97 Å². The van der Waals surface area contributed by atoms with Crippen LogP contribution in [0.4, 0.5) is 0 Å². The molecule has 2 heterocycles. The lowest BCUT2D eigenvalue weighted by Gasteiger charge is -2.14. The van der Waals surface area contributed by atoms with E-state index >= 15 is 0 Å². The summed E-state index contributed by atoms with van der Waals surface area (Å²) < 4.78 is 0. The molecule has 0 saturated carbocycles. The lowest BCUT2D eigenvalue weighted by Crippen LogP contribution is -2.11. The molecule has 1 N–H and O–H groups in total. The van der Waals surface area contributed by atoms with Crippen LogP contribution in [0.1, 0.15) is 41.8 Å². The minimum Gasteiger partial charge on any atom is -0.478 e. The van der Waals surface area contributed by atoms with Crippen molar-refractivity contribution in [3.8, 4) is 0 Å². The van der Waals surface area contributed by atoms with Crippen molar-refractivity contribution in [3.05, 3.63) is 40.0 Å². The molecule has 0 radical (unpaired) electrons. The number of carboxylic acid groups (broad SMARTS) is 1. The average molecular weight is 308 g/mol. The molecule has 0 aliphatic carbocycles. The summed E-state index contributed by atoms with van der Waals surface area (Å²) in [7, 11) is 0. The highest BCUT2D eigenvalue weighted by molar-refractivity contribution is 7.98. The number of aromatic nitrogens is 2. The first-order chi connectivity index (χ1) is 9.36. The Morgan fingerprint density at radius 3 is 2.65 bits per heavy atom. The maximum atomic E-state index is 10.7. The summed E-state index contributed by atoms with van der Waals surface area (Å²) in [6.45, 7) is 6.43. The van der Waals surface area contributed by atoms with Gasteiger partial charge in [0.1, 0.15) is 5.01 Å². The van der Waals surface area contributed by atoms with Crippen molar-refractivity contribution in [3.63, 3.8) is 0 Å². The standard InChI is InChI=1S/C14H16N2O2S2/c1-14(2,3)10-7-19-12(16-10)8-20-11-5-4-9(6-15-11)13(17)18/h4-7H,8H2,1-3H3,(H,17,18). The zero-order valence-corrected chi connectivity index (χ0v) is 13.2. The quantitative estimate of drug-likeness (QED) is 0.870. The Morgan fingerprint density at radius 1 is 1.40 bits per heavy atom. The van der Waals surface area contributed by atoms with Crippen LogP contribution in [-0.2, 0) is 11.2 Å². The van der Waals surface area contributed by atoms with Gasteiger partial charge in [-0.15, -0.1) is 11.3 Å². The Kier molecular flexibility index (Phi) is 4.45. The topological polar surface area (TPSA) is 63.1 Å². The van der Waals surface area contributed by atoms with Gasteiger partial charge in [-0.1, -0.05) is 32.5 Å². The molecule has 0 aromatic carbocycles. The summed E-state index contributed by atoms with van der Waals surface area (Å²) in [5, 5.41) is 12.8. The number of thioether (sulfide) groups is 1. The molecule has 0 unspecified atom stereocenters. The number of nitrogens with zero attached hydrogens (tertiary/aromatic N) is 2. The average Bonchev–Trinajstić information content (AvgIpc) is 2.85. The van der Waals surface area contributed by atoms with E-state index in [2.05, 4.69) is 36.1 Å². The molecule has 0 bridgehead atoms. The molecule has 2 aromatic rings. The smallest absolute Gasteiger partial charge is 0.337 e. The molecule has 4 nitrogen and oxygen atoms in total. The summed E-state index contributed by atoms with van der Waals surface area (Å²) in [4.78, 5) is 19.5. The first-order valence-corrected chi connectivity index (χ1v) is 8.00. The maximum Gasteiger partial charge on any atom is 0.337 e. The van der Waals surface area contributed by atoms with E-state index in [-0.39, 0.29) is 11.0 Å². The van der Waals surface area contributed by atoms with Crippen LogP contribution in [0.5, 0.6) is 0 Å². The molecule has 106 valence electrons. The molecule has 6 heteroatoms. The number of carboxylic acids is 1. The Bertz CT molecular complexity index is 600. The summed E-state index contributed by atoms with van der Waals surface area (Å²) >= 11 is 3.21. The largest absolute Gasteiger partial charge is 0.478 e. The van der Waals surface area contributed by atoms with E-state index in [4.69, 9.17) is 5.11 Å². The number of rotatable bonds is 4. The minimum absolute atomic E-state index is 0.0702. The zero-order valence-electron chi connectivity index (χ0n) is 11.6. The summed E-state index contributed by atoms with van der Waals surface area (Å²) in [5.41, 5.74) is 1.38. The van der Waals surface area contributed by atoms with Gasteiger partial charge >= 0.3 is 5.97 Å². The Labute approximate surface area is 126 Å². The highest BCUT2D eigenvalue weighted by Crippen LogP contribution is 2.27. The number of hydrogen-bond donors (Lipinski definition) is 1. The molecule has 0 amide bonds. The van der Waals surface area contributed by atoms with Crippen molar-refractivity contribution in [1.82, 2.24) is 9.97 Å². The second-order valence-corrected chi connectivity index (χ2v) is 7.29. The number of hydrogen-bond acceptors (Lipinski definition) is 5. The first-order valence-electron chi connectivity index (χ1n) is 6.13. The number of thiazole rings is 1. The van der Waals surface area contributed by atoms with E-state index in [0.717, 1.165) is 21.5 Å². The minimum atomic E-state index is -0.955. The van der Waals surface area contributed by atoms with Crippen LogP contribution >= 0.6 is 23.1 Å². The highest BCUT2D eigenvalue weighted by Gasteiger charge is 2.17. The van der Waals surface area contributed by atoms with Crippen molar-refractivity contribution in [2.45, 2.75) is 37.0 Å². The highest BCUT2D eigenvalue weighted by atomic mass is 32.2. The number of aromatic carboxylic acids is 1. The lowest BCUT2D eigenvalue weighted by atomic mass is 9.93. The van der Waals surface area contributed by atoms with Crippen LogP contribution < -0.4 is 0 Å². The van der Waals surface area contributed by atoms with Crippen molar-refractivity contribution >= 4 is 29.1 Å². The molecular weight excluding hydrogens is 292 g/mol. The second kappa shape index (κ2) is 5.93. The Hall–Kier alpha value is -1.40. The van der Waals surface area contributed by atoms with Gasteiger partial charge in [0.25, 0.3) is 0 Å². The number of carbonyl (C=O) groups is 1. The first kappa shape index (κ1) is 15.0. The third kappa shape index (κ3) is 3.80. The van der Waals surface area contributed by atoms with Gasteiger partial charge in [-0.25, -0.2) is 14.8 Å². The van der Waals surface area contributed by atoms with Crippen LogP contribution in [-0.4, -0.2) is 21.0 Å². The fourth-order valence-corrected chi connectivity index (χ4v) is 3.33.